The predicted octanol–water partition coefficient (Wildman–Crippen LogP) is 6.07. The Kier molecular flexibility index (Phi) is 3.02. The van der Waals surface area contributed by atoms with Crippen molar-refractivity contribution in [2.45, 2.75) is 6.92 Å². The molecule has 5 rings (SSSR count). The predicted molar refractivity (Wildman–Crippen MR) is 106 cm³/mol. The normalized spacial score (nSPS) is 11.8. The standard InChI is InChI=1S/C21H16NS2/c1-13-15-6-4-3-5-14(15)7-8-16(13)18-11-20-17(12-22(18)2)21-19(24-20)9-10-23-21/h3-12H,1-2H3/q+1. The maximum absolute atomic E-state index is 2.35. The van der Waals surface area contributed by atoms with Crippen LogP contribution in [-0.2, 0) is 7.05 Å². The van der Waals surface area contributed by atoms with Gasteiger partial charge < -0.3 is 0 Å². The maximum Gasteiger partial charge on any atom is 0.213 e. The van der Waals surface area contributed by atoms with Gasteiger partial charge in [0.1, 0.15) is 7.05 Å². The van der Waals surface area contributed by atoms with Crippen LogP contribution in [0.2, 0.25) is 0 Å². The van der Waals surface area contributed by atoms with Gasteiger partial charge in [0.15, 0.2) is 6.20 Å². The zero-order valence-electron chi connectivity index (χ0n) is 13.5. The van der Waals surface area contributed by atoms with Gasteiger partial charge in [0.2, 0.25) is 5.69 Å². The molecule has 0 aliphatic rings. The summed E-state index contributed by atoms with van der Waals surface area (Å²) in [4.78, 5) is 0. The fraction of sp³-hybridized carbons (Fsp3) is 0.0952. The molecule has 1 nitrogen and oxygen atoms in total. The minimum absolute atomic E-state index is 1.28. The number of benzene rings is 2. The lowest BCUT2D eigenvalue weighted by Gasteiger charge is -2.08. The van der Waals surface area contributed by atoms with Crippen molar-refractivity contribution in [3.63, 3.8) is 0 Å². The lowest BCUT2D eigenvalue weighted by atomic mass is 9.97. The Bertz CT molecular complexity index is 1230. The van der Waals surface area contributed by atoms with Gasteiger partial charge in [0.25, 0.3) is 0 Å². The summed E-state index contributed by atoms with van der Waals surface area (Å²) in [6.45, 7) is 2.23. The Hall–Kier alpha value is -2.23. The van der Waals surface area contributed by atoms with Crippen LogP contribution in [0, 0.1) is 6.92 Å². The first kappa shape index (κ1) is 14.1. The molecule has 0 amide bonds. The highest BCUT2D eigenvalue weighted by Crippen LogP contribution is 2.38. The highest BCUT2D eigenvalue weighted by atomic mass is 32.1. The minimum atomic E-state index is 1.28. The molecular weight excluding hydrogens is 330 g/mol. The van der Waals surface area contributed by atoms with Crippen molar-refractivity contribution >= 4 is 52.9 Å². The van der Waals surface area contributed by atoms with Crippen molar-refractivity contribution in [1.82, 2.24) is 0 Å². The fourth-order valence-corrected chi connectivity index (χ4v) is 5.80. The molecule has 3 heterocycles. The van der Waals surface area contributed by atoms with Crippen molar-refractivity contribution in [1.29, 1.82) is 0 Å². The quantitative estimate of drug-likeness (QED) is 0.324. The second kappa shape index (κ2) is 5.13. The molecule has 0 fully saturated rings. The van der Waals surface area contributed by atoms with Crippen LogP contribution in [0.25, 0.3) is 41.5 Å². The Morgan fingerprint density at radius 1 is 0.917 bits per heavy atom. The van der Waals surface area contributed by atoms with Crippen molar-refractivity contribution < 1.29 is 4.57 Å². The van der Waals surface area contributed by atoms with E-state index in [-0.39, 0.29) is 0 Å². The summed E-state index contributed by atoms with van der Waals surface area (Å²) in [5.74, 6) is 0. The molecule has 5 aromatic rings. The van der Waals surface area contributed by atoms with E-state index in [1.54, 1.807) is 0 Å². The second-order valence-corrected chi connectivity index (χ2v) is 8.22. The van der Waals surface area contributed by atoms with Gasteiger partial charge in [-0.25, -0.2) is 4.57 Å². The van der Waals surface area contributed by atoms with Crippen molar-refractivity contribution in [3.05, 3.63) is 65.7 Å². The summed E-state index contributed by atoms with van der Waals surface area (Å²) in [6, 6.07) is 17.7. The van der Waals surface area contributed by atoms with Crippen molar-refractivity contribution in [2.75, 3.05) is 0 Å². The number of thiophene rings is 2. The molecule has 3 heteroatoms. The lowest BCUT2D eigenvalue weighted by Crippen LogP contribution is -2.30. The number of hydrogen-bond donors (Lipinski definition) is 0. The number of aromatic nitrogens is 1. The number of pyridine rings is 1. The Balaban J connectivity index is 1.82. The van der Waals surface area contributed by atoms with Gasteiger partial charge >= 0.3 is 0 Å². The summed E-state index contributed by atoms with van der Waals surface area (Å²) in [5.41, 5.74) is 3.94. The molecule has 0 unspecified atom stereocenters. The first-order chi connectivity index (χ1) is 11.7. The highest BCUT2D eigenvalue weighted by molar-refractivity contribution is 7.32. The van der Waals surface area contributed by atoms with E-state index in [0.717, 1.165) is 0 Å². The summed E-state index contributed by atoms with van der Waals surface area (Å²) >= 11 is 3.73. The molecule has 0 bridgehead atoms. The molecule has 0 N–H and O–H groups in total. The van der Waals surface area contributed by atoms with Crippen LogP contribution in [0.3, 0.4) is 0 Å². The Morgan fingerprint density at radius 3 is 2.71 bits per heavy atom. The van der Waals surface area contributed by atoms with Gasteiger partial charge in [0, 0.05) is 21.0 Å². The largest absolute Gasteiger partial charge is 0.213 e. The first-order valence-electron chi connectivity index (χ1n) is 8.00. The molecule has 0 aliphatic heterocycles. The average Bonchev–Trinajstić information content (AvgIpc) is 3.17. The molecule has 2 aromatic carbocycles. The molecule has 24 heavy (non-hydrogen) atoms. The number of rotatable bonds is 1. The minimum Gasteiger partial charge on any atom is -0.200 e. The number of fused-ring (bicyclic) bond motifs is 4. The molecule has 0 radical (unpaired) electrons. The molecule has 0 atom stereocenters. The molecular formula is C21H16NS2+. The zero-order valence-corrected chi connectivity index (χ0v) is 15.2. The van der Waals surface area contributed by atoms with Crippen LogP contribution in [0.4, 0.5) is 0 Å². The third kappa shape index (κ3) is 1.95. The Labute approximate surface area is 148 Å². The monoisotopic (exact) mass is 346 g/mol. The number of nitrogens with zero attached hydrogens (tertiary/aromatic N) is 1. The summed E-state index contributed by atoms with van der Waals surface area (Å²) in [7, 11) is 2.15. The van der Waals surface area contributed by atoms with E-state index in [4.69, 9.17) is 0 Å². The fourth-order valence-electron chi connectivity index (χ4n) is 3.55. The van der Waals surface area contributed by atoms with Gasteiger partial charge in [-0.2, -0.15) is 0 Å². The molecule has 0 saturated heterocycles. The van der Waals surface area contributed by atoms with Gasteiger partial charge in [-0.3, -0.25) is 0 Å². The third-order valence-corrected chi connectivity index (χ3v) is 7.00. The molecule has 116 valence electrons. The van der Waals surface area contributed by atoms with Crippen LogP contribution < -0.4 is 4.57 Å². The van der Waals surface area contributed by atoms with E-state index < -0.39 is 0 Å². The van der Waals surface area contributed by atoms with Crippen LogP contribution in [0.1, 0.15) is 5.56 Å². The Morgan fingerprint density at radius 2 is 1.79 bits per heavy atom. The van der Waals surface area contributed by atoms with Crippen LogP contribution in [0.5, 0.6) is 0 Å². The third-order valence-electron chi connectivity index (χ3n) is 4.80. The van der Waals surface area contributed by atoms with Crippen molar-refractivity contribution in [2.24, 2.45) is 7.05 Å². The van der Waals surface area contributed by atoms with Gasteiger partial charge in [-0.15, -0.1) is 22.7 Å². The maximum atomic E-state index is 2.35. The van der Waals surface area contributed by atoms with E-state index in [2.05, 4.69) is 78.6 Å². The van der Waals surface area contributed by atoms with Crippen molar-refractivity contribution in [3.8, 4) is 11.3 Å². The number of hydrogen-bond acceptors (Lipinski definition) is 2. The zero-order chi connectivity index (χ0) is 16.3. The van der Waals surface area contributed by atoms with Crippen LogP contribution in [0.15, 0.2) is 60.1 Å². The van der Waals surface area contributed by atoms with Crippen LogP contribution in [-0.4, -0.2) is 0 Å². The van der Waals surface area contributed by atoms with E-state index in [1.807, 2.05) is 22.7 Å². The smallest absolute Gasteiger partial charge is 0.200 e. The average molecular weight is 347 g/mol. The second-order valence-electron chi connectivity index (χ2n) is 6.22. The molecule has 0 spiro atoms. The molecule has 0 saturated carbocycles. The van der Waals surface area contributed by atoms with Gasteiger partial charge in [-0.1, -0.05) is 30.3 Å². The summed E-state index contributed by atoms with van der Waals surface area (Å²) in [5, 5.41) is 6.19. The molecule has 0 aliphatic carbocycles. The van der Waals surface area contributed by atoms with Gasteiger partial charge in [-0.05, 0) is 40.8 Å². The van der Waals surface area contributed by atoms with E-state index in [1.165, 1.54) is 47.1 Å². The number of aryl methyl sites for hydroxylation is 2. The SMILES string of the molecule is Cc1c(-c2cc3sc4ccsc4c3c[n+]2C)ccc2ccccc12. The van der Waals surface area contributed by atoms with E-state index >= 15 is 0 Å². The summed E-state index contributed by atoms with van der Waals surface area (Å²) in [6.07, 6.45) is 2.29. The van der Waals surface area contributed by atoms with Crippen LogP contribution >= 0.6 is 22.7 Å². The van der Waals surface area contributed by atoms with E-state index in [9.17, 15) is 0 Å². The summed E-state index contributed by atoms with van der Waals surface area (Å²) < 4.78 is 6.44. The van der Waals surface area contributed by atoms with Gasteiger partial charge in [0.05, 0.1) is 10.1 Å². The topological polar surface area (TPSA) is 3.88 Å². The lowest BCUT2D eigenvalue weighted by molar-refractivity contribution is -0.659. The first-order valence-corrected chi connectivity index (χ1v) is 9.70. The highest BCUT2D eigenvalue weighted by Gasteiger charge is 2.18. The van der Waals surface area contributed by atoms with E-state index in [0.29, 0.717) is 0 Å². The molecule has 3 aromatic heterocycles.